The number of hydrogen-bond donors (Lipinski definition) is 0. The predicted octanol–water partition coefficient (Wildman–Crippen LogP) is 2.58. The van der Waals surface area contributed by atoms with E-state index in [2.05, 4.69) is 35.0 Å². The third kappa shape index (κ3) is 1.91. The summed E-state index contributed by atoms with van der Waals surface area (Å²) in [5.41, 5.74) is 2.16. The van der Waals surface area contributed by atoms with Crippen LogP contribution < -0.4 is 4.90 Å². The second-order valence-corrected chi connectivity index (χ2v) is 3.44. The van der Waals surface area contributed by atoms with E-state index in [4.69, 9.17) is 4.52 Å². The van der Waals surface area contributed by atoms with Gasteiger partial charge in [-0.1, -0.05) is 17.3 Å². The van der Waals surface area contributed by atoms with Crippen LogP contribution in [0.1, 0.15) is 13.8 Å². The zero-order valence-corrected chi connectivity index (χ0v) is 9.55. The highest BCUT2D eigenvalue weighted by Gasteiger charge is 2.12. The minimum Gasteiger partial charge on any atom is -0.371 e. The van der Waals surface area contributed by atoms with Gasteiger partial charge in [-0.15, -0.1) is 0 Å². The number of benzene rings is 1. The van der Waals surface area contributed by atoms with Crippen molar-refractivity contribution in [2.24, 2.45) is 0 Å². The lowest BCUT2D eigenvalue weighted by atomic mass is 10.1. The highest BCUT2D eigenvalue weighted by atomic mass is 16.5. The fourth-order valence-electron chi connectivity index (χ4n) is 1.79. The van der Waals surface area contributed by atoms with Crippen molar-refractivity contribution in [1.29, 1.82) is 0 Å². The minimum atomic E-state index is 0.641. The molecule has 0 amide bonds. The van der Waals surface area contributed by atoms with Gasteiger partial charge in [0, 0.05) is 24.3 Å². The average Bonchev–Trinajstić information content (AvgIpc) is 2.85. The smallest absolute Gasteiger partial charge is 0.214 e. The molecule has 2 rings (SSSR count). The van der Waals surface area contributed by atoms with E-state index in [9.17, 15) is 0 Å². The van der Waals surface area contributed by atoms with E-state index in [1.807, 2.05) is 18.2 Å². The molecule has 0 aliphatic rings. The molecular weight excluding hydrogens is 202 g/mol. The van der Waals surface area contributed by atoms with Crippen LogP contribution in [0.15, 0.2) is 35.2 Å². The molecule has 0 spiro atoms. The van der Waals surface area contributed by atoms with E-state index in [1.165, 1.54) is 6.39 Å². The molecule has 0 radical (unpaired) electrons. The standard InChI is InChI=1S/C12H15N3O/c1-3-15(4-2)11-8-6-5-7-10(11)12-13-9-16-14-12/h5-9H,3-4H2,1-2H3. The highest BCUT2D eigenvalue weighted by Crippen LogP contribution is 2.27. The van der Waals surface area contributed by atoms with E-state index in [0.29, 0.717) is 5.82 Å². The van der Waals surface area contributed by atoms with Gasteiger partial charge in [0.05, 0.1) is 0 Å². The second kappa shape index (κ2) is 4.79. The maximum absolute atomic E-state index is 4.79. The second-order valence-electron chi connectivity index (χ2n) is 3.44. The van der Waals surface area contributed by atoms with Gasteiger partial charge in [-0.3, -0.25) is 0 Å². The maximum Gasteiger partial charge on any atom is 0.214 e. The summed E-state index contributed by atoms with van der Waals surface area (Å²) in [6.07, 6.45) is 1.36. The van der Waals surface area contributed by atoms with Crippen LogP contribution in [-0.2, 0) is 0 Å². The van der Waals surface area contributed by atoms with Crippen LogP contribution in [0, 0.1) is 0 Å². The van der Waals surface area contributed by atoms with E-state index in [1.54, 1.807) is 0 Å². The summed E-state index contributed by atoms with van der Waals surface area (Å²) in [5, 5.41) is 3.89. The Hall–Kier alpha value is -1.84. The molecule has 0 aliphatic carbocycles. The molecule has 4 heteroatoms. The summed E-state index contributed by atoms with van der Waals surface area (Å²) >= 11 is 0. The highest BCUT2D eigenvalue weighted by molar-refractivity contribution is 5.73. The van der Waals surface area contributed by atoms with Crippen LogP contribution in [0.3, 0.4) is 0 Å². The van der Waals surface area contributed by atoms with E-state index < -0.39 is 0 Å². The summed E-state index contributed by atoms with van der Waals surface area (Å²) < 4.78 is 4.79. The molecule has 16 heavy (non-hydrogen) atoms. The van der Waals surface area contributed by atoms with Crippen molar-refractivity contribution in [3.63, 3.8) is 0 Å². The van der Waals surface area contributed by atoms with Crippen LogP contribution in [0.4, 0.5) is 5.69 Å². The first-order valence-corrected chi connectivity index (χ1v) is 5.47. The van der Waals surface area contributed by atoms with E-state index in [0.717, 1.165) is 24.3 Å². The first-order valence-electron chi connectivity index (χ1n) is 5.47. The minimum absolute atomic E-state index is 0.641. The predicted molar refractivity (Wildman–Crippen MR) is 63.3 cm³/mol. The normalized spacial score (nSPS) is 10.4. The van der Waals surface area contributed by atoms with Gasteiger partial charge >= 0.3 is 0 Å². The zero-order valence-electron chi connectivity index (χ0n) is 9.55. The van der Waals surface area contributed by atoms with Crippen LogP contribution in [0.2, 0.25) is 0 Å². The van der Waals surface area contributed by atoms with Crippen LogP contribution >= 0.6 is 0 Å². The molecule has 0 aliphatic heterocycles. The van der Waals surface area contributed by atoms with Crippen molar-refractivity contribution in [1.82, 2.24) is 10.1 Å². The molecule has 0 saturated heterocycles. The van der Waals surface area contributed by atoms with Gasteiger partial charge in [-0.05, 0) is 26.0 Å². The molecule has 0 atom stereocenters. The van der Waals surface area contributed by atoms with Crippen LogP contribution in [0.25, 0.3) is 11.4 Å². The monoisotopic (exact) mass is 217 g/mol. The first kappa shape index (κ1) is 10.7. The molecule has 2 aromatic rings. The molecule has 0 bridgehead atoms. The molecule has 0 saturated carbocycles. The summed E-state index contributed by atoms with van der Waals surface area (Å²) in [6, 6.07) is 8.10. The number of aromatic nitrogens is 2. The fraction of sp³-hybridized carbons (Fsp3) is 0.333. The lowest BCUT2D eigenvalue weighted by molar-refractivity contribution is 0.419. The quantitative estimate of drug-likeness (QED) is 0.789. The van der Waals surface area contributed by atoms with Crippen molar-refractivity contribution in [3.8, 4) is 11.4 Å². The van der Waals surface area contributed by atoms with Gasteiger partial charge in [-0.2, -0.15) is 4.98 Å². The van der Waals surface area contributed by atoms with Gasteiger partial charge in [0.15, 0.2) is 0 Å². The number of hydrogen-bond acceptors (Lipinski definition) is 4. The van der Waals surface area contributed by atoms with Gasteiger partial charge in [0.2, 0.25) is 12.2 Å². The third-order valence-corrected chi connectivity index (χ3v) is 2.61. The molecule has 0 fully saturated rings. The molecule has 1 aromatic carbocycles. The number of anilines is 1. The fourth-order valence-corrected chi connectivity index (χ4v) is 1.79. The summed E-state index contributed by atoms with van der Waals surface area (Å²) in [5.74, 6) is 0.641. The van der Waals surface area contributed by atoms with Crippen LogP contribution in [-0.4, -0.2) is 23.2 Å². The van der Waals surface area contributed by atoms with Crippen molar-refractivity contribution >= 4 is 5.69 Å². The van der Waals surface area contributed by atoms with Gasteiger partial charge in [0.1, 0.15) is 0 Å². The zero-order chi connectivity index (χ0) is 11.4. The van der Waals surface area contributed by atoms with E-state index >= 15 is 0 Å². The topological polar surface area (TPSA) is 42.2 Å². The Kier molecular flexibility index (Phi) is 3.19. The molecule has 84 valence electrons. The maximum atomic E-state index is 4.79. The number of nitrogens with zero attached hydrogens (tertiary/aromatic N) is 3. The lowest BCUT2D eigenvalue weighted by Gasteiger charge is -2.22. The molecule has 0 unspecified atom stereocenters. The Morgan fingerprint density at radius 3 is 2.56 bits per heavy atom. The third-order valence-electron chi connectivity index (χ3n) is 2.61. The van der Waals surface area contributed by atoms with Crippen molar-refractivity contribution in [2.45, 2.75) is 13.8 Å². The molecule has 0 N–H and O–H groups in total. The van der Waals surface area contributed by atoms with Crippen molar-refractivity contribution in [2.75, 3.05) is 18.0 Å². The summed E-state index contributed by atoms with van der Waals surface area (Å²) in [7, 11) is 0. The SMILES string of the molecule is CCN(CC)c1ccccc1-c1ncon1. The Morgan fingerprint density at radius 1 is 1.19 bits per heavy atom. The van der Waals surface area contributed by atoms with Crippen molar-refractivity contribution < 1.29 is 4.52 Å². The summed E-state index contributed by atoms with van der Waals surface area (Å²) in [4.78, 5) is 6.36. The molecular formula is C12H15N3O. The Morgan fingerprint density at radius 2 is 1.94 bits per heavy atom. The Bertz CT molecular complexity index is 435. The van der Waals surface area contributed by atoms with E-state index in [-0.39, 0.29) is 0 Å². The average molecular weight is 217 g/mol. The lowest BCUT2D eigenvalue weighted by Crippen LogP contribution is -2.22. The van der Waals surface area contributed by atoms with Gasteiger partial charge < -0.3 is 9.42 Å². The first-order chi connectivity index (χ1) is 7.86. The Labute approximate surface area is 94.9 Å². The number of para-hydroxylation sites is 1. The largest absolute Gasteiger partial charge is 0.371 e. The van der Waals surface area contributed by atoms with Gasteiger partial charge in [-0.25, -0.2) is 0 Å². The number of rotatable bonds is 4. The molecule has 1 aromatic heterocycles. The molecule has 1 heterocycles. The molecule has 4 nitrogen and oxygen atoms in total. The van der Waals surface area contributed by atoms with Gasteiger partial charge in [0.25, 0.3) is 0 Å². The Balaban J connectivity index is 2.45. The summed E-state index contributed by atoms with van der Waals surface area (Å²) in [6.45, 7) is 6.20. The van der Waals surface area contributed by atoms with Crippen molar-refractivity contribution in [3.05, 3.63) is 30.7 Å². The van der Waals surface area contributed by atoms with Crippen LogP contribution in [0.5, 0.6) is 0 Å².